The first-order chi connectivity index (χ1) is 10.3. The number of rotatable bonds is 1. The molecule has 2 aliphatic rings. The minimum Gasteiger partial charge on any atom is -0.337 e. The van der Waals surface area contributed by atoms with E-state index in [2.05, 4.69) is 36.3 Å². The topological polar surface area (TPSA) is 86.6 Å². The molecule has 0 fully saturated rings. The maximum absolute atomic E-state index is 4.31. The minimum atomic E-state index is 0.681. The molecule has 0 atom stereocenters. The highest BCUT2D eigenvalue weighted by Gasteiger charge is 2.19. The van der Waals surface area contributed by atoms with Crippen molar-refractivity contribution in [2.75, 3.05) is 5.32 Å². The molecule has 0 spiro atoms. The molecule has 0 bridgehead atoms. The summed E-state index contributed by atoms with van der Waals surface area (Å²) in [4.78, 5) is 9.72. The van der Waals surface area contributed by atoms with Gasteiger partial charge in [-0.05, 0) is 25.1 Å². The summed E-state index contributed by atoms with van der Waals surface area (Å²) in [6.07, 6.45) is 3.37. The van der Waals surface area contributed by atoms with Crippen LogP contribution < -0.4 is 16.2 Å². The number of fused-ring (bicyclic) bond motifs is 2. The van der Waals surface area contributed by atoms with Crippen molar-refractivity contribution in [1.82, 2.24) is 20.8 Å². The predicted octanol–water partition coefficient (Wildman–Crippen LogP) is 1.87. The molecule has 0 aliphatic carbocycles. The zero-order chi connectivity index (χ0) is 14.2. The third-order valence-electron chi connectivity index (χ3n) is 3.04. The van der Waals surface area contributed by atoms with E-state index < -0.39 is 0 Å². The van der Waals surface area contributed by atoms with Gasteiger partial charge in [0.25, 0.3) is 0 Å². The number of nitrogens with zero attached hydrogens (tertiary/aromatic N) is 4. The van der Waals surface area contributed by atoms with E-state index in [1.807, 2.05) is 25.1 Å². The fourth-order valence-electron chi connectivity index (χ4n) is 2.03. The summed E-state index contributed by atoms with van der Waals surface area (Å²) >= 11 is 1.60. The fraction of sp³-hybridized carbons (Fsp3) is 0.0769. The zero-order valence-electron chi connectivity index (χ0n) is 11.1. The number of nitrogens with one attached hydrogen (secondary N) is 3. The molecule has 0 amide bonds. The average Bonchev–Trinajstić information content (AvgIpc) is 2.53. The summed E-state index contributed by atoms with van der Waals surface area (Å²) in [5.41, 5.74) is 7.71. The second-order valence-corrected chi connectivity index (χ2v) is 5.56. The van der Waals surface area contributed by atoms with Gasteiger partial charge in [-0.1, -0.05) is 11.8 Å². The Morgan fingerprint density at radius 3 is 2.81 bits per heavy atom. The van der Waals surface area contributed by atoms with E-state index in [0.29, 0.717) is 5.84 Å². The lowest BCUT2D eigenvalue weighted by Crippen LogP contribution is -2.32. The van der Waals surface area contributed by atoms with Crippen molar-refractivity contribution in [1.29, 1.82) is 0 Å². The number of benzene rings is 1. The summed E-state index contributed by atoms with van der Waals surface area (Å²) in [5.74, 6) is 2.19. The van der Waals surface area contributed by atoms with E-state index in [1.54, 1.807) is 24.2 Å². The Hall–Kier alpha value is -2.61. The van der Waals surface area contributed by atoms with Crippen LogP contribution in [0, 0.1) is 0 Å². The standard InChI is InChI=1S/C13H11N7S/c1-7-17-19-11(20-18-7)8-2-3-10-9(6-8)16-12-13(21-10)15-5-4-14-12/h2-6H,1H3,(H,14,16)(H,17,18)(H,19,20). The lowest BCUT2D eigenvalue weighted by molar-refractivity contribution is 0.877. The Morgan fingerprint density at radius 2 is 1.95 bits per heavy atom. The quantitative estimate of drug-likeness (QED) is 0.636. The van der Waals surface area contributed by atoms with E-state index in [9.17, 15) is 0 Å². The van der Waals surface area contributed by atoms with Crippen molar-refractivity contribution >= 4 is 34.9 Å². The molecule has 0 radical (unpaired) electrons. The molecule has 2 aliphatic heterocycles. The highest BCUT2D eigenvalue weighted by molar-refractivity contribution is 7.99. The fourth-order valence-corrected chi connectivity index (χ4v) is 2.91. The molecule has 0 unspecified atom stereocenters. The van der Waals surface area contributed by atoms with Gasteiger partial charge in [0.15, 0.2) is 11.7 Å². The number of hydrogen-bond acceptors (Lipinski definition) is 8. The summed E-state index contributed by atoms with van der Waals surface area (Å²) in [6, 6.07) is 6.05. The van der Waals surface area contributed by atoms with Crippen molar-refractivity contribution in [2.24, 2.45) is 10.2 Å². The first-order valence-corrected chi connectivity index (χ1v) is 7.15. The Kier molecular flexibility index (Phi) is 2.74. The van der Waals surface area contributed by atoms with Crippen LogP contribution in [-0.4, -0.2) is 21.6 Å². The van der Waals surface area contributed by atoms with Crippen molar-refractivity contribution in [3.63, 3.8) is 0 Å². The van der Waals surface area contributed by atoms with Crippen LogP contribution in [0.4, 0.5) is 11.5 Å². The molecule has 8 heteroatoms. The van der Waals surface area contributed by atoms with Crippen molar-refractivity contribution in [3.8, 4) is 0 Å². The van der Waals surface area contributed by atoms with Crippen LogP contribution in [0.2, 0.25) is 0 Å². The maximum atomic E-state index is 4.31. The van der Waals surface area contributed by atoms with Crippen LogP contribution in [0.1, 0.15) is 12.5 Å². The molecule has 1 aromatic heterocycles. The Labute approximate surface area is 125 Å². The van der Waals surface area contributed by atoms with Crippen LogP contribution in [0.15, 0.2) is 50.7 Å². The molecule has 0 saturated heterocycles. The smallest absolute Gasteiger partial charge is 0.173 e. The predicted molar refractivity (Wildman–Crippen MR) is 81.8 cm³/mol. The van der Waals surface area contributed by atoms with Crippen molar-refractivity contribution < 1.29 is 0 Å². The van der Waals surface area contributed by atoms with Crippen LogP contribution in [0.25, 0.3) is 0 Å². The van der Waals surface area contributed by atoms with Crippen LogP contribution >= 0.6 is 11.8 Å². The lowest BCUT2D eigenvalue weighted by atomic mass is 10.2. The molecule has 1 aromatic carbocycles. The molecule has 3 N–H and O–H groups in total. The third kappa shape index (κ3) is 2.19. The van der Waals surface area contributed by atoms with Crippen molar-refractivity contribution in [2.45, 2.75) is 16.8 Å². The molecule has 104 valence electrons. The number of hydrogen-bond donors (Lipinski definition) is 3. The van der Waals surface area contributed by atoms with Gasteiger partial charge in [-0.2, -0.15) is 10.2 Å². The molecule has 3 heterocycles. The van der Waals surface area contributed by atoms with Crippen LogP contribution in [0.5, 0.6) is 0 Å². The van der Waals surface area contributed by atoms with Gasteiger partial charge in [-0.15, -0.1) is 0 Å². The van der Waals surface area contributed by atoms with E-state index >= 15 is 0 Å². The SMILES string of the molecule is CC1=NNC(c2ccc3c(c2)Nc2nccnc2S3)=NN1. The number of anilines is 2. The van der Waals surface area contributed by atoms with Gasteiger partial charge in [-0.25, -0.2) is 9.97 Å². The number of aromatic nitrogens is 2. The van der Waals surface area contributed by atoms with Gasteiger partial charge in [0.1, 0.15) is 10.9 Å². The molecular formula is C13H11N7S. The first kappa shape index (κ1) is 12.2. The summed E-state index contributed by atoms with van der Waals surface area (Å²) < 4.78 is 0. The first-order valence-electron chi connectivity index (χ1n) is 6.34. The highest BCUT2D eigenvalue weighted by Crippen LogP contribution is 2.41. The van der Waals surface area contributed by atoms with Gasteiger partial charge in [0.2, 0.25) is 0 Å². The number of amidine groups is 2. The van der Waals surface area contributed by atoms with E-state index in [4.69, 9.17) is 0 Å². The summed E-state index contributed by atoms with van der Waals surface area (Å²) in [7, 11) is 0. The Morgan fingerprint density at radius 1 is 1.05 bits per heavy atom. The molecule has 4 rings (SSSR count). The lowest BCUT2D eigenvalue weighted by Gasteiger charge is -2.20. The number of hydrazone groups is 2. The maximum Gasteiger partial charge on any atom is 0.173 e. The monoisotopic (exact) mass is 297 g/mol. The molecule has 7 nitrogen and oxygen atoms in total. The second-order valence-electron chi connectivity index (χ2n) is 4.53. The van der Waals surface area contributed by atoms with Crippen LogP contribution in [-0.2, 0) is 0 Å². The Balaban J connectivity index is 1.67. The largest absolute Gasteiger partial charge is 0.337 e. The molecule has 2 aromatic rings. The van der Waals surface area contributed by atoms with Gasteiger partial charge in [0.05, 0.1) is 5.69 Å². The third-order valence-corrected chi connectivity index (χ3v) is 4.10. The highest BCUT2D eigenvalue weighted by atomic mass is 32.2. The summed E-state index contributed by atoms with van der Waals surface area (Å²) in [5, 5.41) is 12.5. The minimum absolute atomic E-state index is 0.681. The molecule has 21 heavy (non-hydrogen) atoms. The van der Waals surface area contributed by atoms with Gasteiger partial charge in [-0.3, -0.25) is 10.9 Å². The summed E-state index contributed by atoms with van der Waals surface area (Å²) in [6.45, 7) is 1.84. The normalized spacial score (nSPS) is 15.5. The van der Waals surface area contributed by atoms with Gasteiger partial charge < -0.3 is 5.32 Å². The molecule has 0 saturated carbocycles. The van der Waals surface area contributed by atoms with Crippen molar-refractivity contribution in [3.05, 3.63) is 36.2 Å². The molecular weight excluding hydrogens is 286 g/mol. The Bertz CT molecular complexity index is 784. The van der Waals surface area contributed by atoms with Gasteiger partial charge in [0, 0.05) is 22.9 Å². The van der Waals surface area contributed by atoms with E-state index in [0.717, 1.165) is 32.8 Å². The van der Waals surface area contributed by atoms with E-state index in [-0.39, 0.29) is 0 Å². The average molecular weight is 297 g/mol. The van der Waals surface area contributed by atoms with Crippen LogP contribution in [0.3, 0.4) is 0 Å². The van der Waals surface area contributed by atoms with E-state index in [1.165, 1.54) is 0 Å². The van der Waals surface area contributed by atoms with Gasteiger partial charge >= 0.3 is 0 Å². The zero-order valence-corrected chi connectivity index (χ0v) is 11.9. The second kappa shape index (κ2) is 4.74.